The van der Waals surface area contributed by atoms with E-state index < -0.39 is 0 Å². The second-order valence-corrected chi connectivity index (χ2v) is 1.21. The Labute approximate surface area is 49.7 Å². The summed E-state index contributed by atoms with van der Waals surface area (Å²) in [5.74, 6) is 0. The van der Waals surface area contributed by atoms with Gasteiger partial charge in [-0.25, -0.2) is 0 Å². The summed E-state index contributed by atoms with van der Waals surface area (Å²) in [6.45, 7) is 7.50. The van der Waals surface area contributed by atoms with Gasteiger partial charge in [0.15, 0.2) is 0 Å². The summed E-state index contributed by atoms with van der Waals surface area (Å²) in [5.41, 5.74) is 1.17. The van der Waals surface area contributed by atoms with Gasteiger partial charge in [-0.2, -0.15) is 0 Å². The van der Waals surface area contributed by atoms with E-state index in [1.165, 1.54) is 5.57 Å². The van der Waals surface area contributed by atoms with E-state index in [1.54, 1.807) is 0 Å². The van der Waals surface area contributed by atoms with E-state index in [0.717, 1.165) is 0 Å². The third-order valence-corrected chi connectivity index (χ3v) is 0. The van der Waals surface area contributed by atoms with Gasteiger partial charge in [-0.1, -0.05) is 5.57 Å². The first-order valence-electron chi connectivity index (χ1n) is 1.35. The molecule has 0 aliphatic heterocycles. The molecule has 48 valence electrons. The van der Waals surface area contributed by atoms with Gasteiger partial charge in [-0.3, -0.25) is 0 Å². The zero-order chi connectivity index (χ0) is 3.58. The van der Waals surface area contributed by atoms with Gasteiger partial charge in [0, 0.05) is 0 Å². The van der Waals surface area contributed by atoms with E-state index >= 15 is 0 Å². The fraction of sp³-hybridized carbons (Fsp3) is 0.500. The Kier molecular flexibility index (Phi) is 188. The molecular formula is C4H8BF3. The molecule has 0 amide bonds. The van der Waals surface area contributed by atoms with Crippen LogP contribution in [0.25, 0.3) is 0 Å². The number of hydrogen-bond donors (Lipinski definition) is 0. The first kappa shape index (κ1) is 49.1. The van der Waals surface area contributed by atoms with Crippen molar-refractivity contribution in [2.45, 2.75) is 13.8 Å². The van der Waals surface area contributed by atoms with Crippen LogP contribution in [-0.2, 0) is 0 Å². The summed E-state index contributed by atoms with van der Waals surface area (Å²) in [5, 5.41) is 0. The molecule has 0 heterocycles. The van der Waals surface area contributed by atoms with Gasteiger partial charge in [0.1, 0.15) is 0 Å². The topological polar surface area (TPSA) is 0 Å². The number of rotatable bonds is 0. The standard InChI is InChI=1S/C4H8.B.3FH/c1-4(2)3;;;;/h1H2,2-3H3;;3*1H/q;+3;;;/p-3. The molecule has 0 saturated heterocycles. The Morgan fingerprint density at radius 3 is 1.00 bits per heavy atom. The minimum Gasteiger partial charge on any atom is -1.00 e. The second kappa shape index (κ2) is 30.7. The average Bonchev–Trinajstić information content (AvgIpc) is 0.811. The Morgan fingerprint density at radius 1 is 1.00 bits per heavy atom. The average molecular weight is 124 g/mol. The van der Waals surface area contributed by atoms with Crippen molar-refractivity contribution in [3.8, 4) is 0 Å². The Morgan fingerprint density at radius 2 is 1.00 bits per heavy atom. The molecule has 0 bridgehead atoms. The summed E-state index contributed by atoms with van der Waals surface area (Å²) in [7, 11) is 0. The maximum absolute atomic E-state index is 3.56. The number of hydrogen-bond acceptors (Lipinski definition) is 0. The molecule has 0 aliphatic rings. The fourth-order valence-corrected chi connectivity index (χ4v) is 0. The van der Waals surface area contributed by atoms with Gasteiger partial charge in [0.2, 0.25) is 0 Å². The predicted molar refractivity (Wildman–Crippen MR) is 26.2 cm³/mol. The van der Waals surface area contributed by atoms with Gasteiger partial charge >= 0.3 is 8.41 Å². The molecule has 0 unspecified atom stereocenters. The molecule has 0 fully saturated rings. The molecule has 0 spiro atoms. The van der Waals surface area contributed by atoms with E-state index in [9.17, 15) is 0 Å². The van der Waals surface area contributed by atoms with E-state index in [2.05, 4.69) is 6.58 Å². The van der Waals surface area contributed by atoms with Crippen LogP contribution in [0.15, 0.2) is 12.2 Å². The number of allylic oxidation sites excluding steroid dienone is 1. The van der Waals surface area contributed by atoms with Crippen LogP contribution in [0.2, 0.25) is 0 Å². The predicted octanol–water partition coefficient (Wildman–Crippen LogP) is -7.79. The molecule has 0 rings (SSSR count). The van der Waals surface area contributed by atoms with Crippen molar-refractivity contribution in [2.24, 2.45) is 0 Å². The normalized spacial score (nSPS) is 3.25. The van der Waals surface area contributed by atoms with Crippen molar-refractivity contribution >= 4 is 8.41 Å². The smallest absolute Gasteiger partial charge is 1.00 e. The van der Waals surface area contributed by atoms with Crippen LogP contribution >= 0.6 is 0 Å². The van der Waals surface area contributed by atoms with E-state index in [1.807, 2.05) is 13.8 Å². The van der Waals surface area contributed by atoms with Gasteiger partial charge < -0.3 is 14.1 Å². The van der Waals surface area contributed by atoms with Crippen LogP contribution in [-0.4, -0.2) is 8.41 Å². The first-order chi connectivity index (χ1) is 1.73. The minimum absolute atomic E-state index is 0. The molecule has 0 nitrogen and oxygen atoms in total. The van der Waals surface area contributed by atoms with Gasteiger partial charge in [0.25, 0.3) is 0 Å². The minimum atomic E-state index is 0. The fourth-order valence-electron chi connectivity index (χ4n) is 0. The van der Waals surface area contributed by atoms with Crippen LogP contribution in [0.4, 0.5) is 0 Å². The Hall–Kier alpha value is -0.405. The largest absolute Gasteiger partial charge is 3.00 e. The zero-order valence-electron chi connectivity index (χ0n) is 4.92. The van der Waals surface area contributed by atoms with Crippen LogP contribution in [0, 0.1) is 0 Å². The molecule has 0 aliphatic carbocycles. The summed E-state index contributed by atoms with van der Waals surface area (Å²) in [4.78, 5) is 0. The molecule has 0 aromatic rings. The van der Waals surface area contributed by atoms with Gasteiger partial charge in [-0.15, -0.1) is 6.58 Å². The third-order valence-electron chi connectivity index (χ3n) is 0. The zero-order valence-corrected chi connectivity index (χ0v) is 4.92. The molecule has 0 radical (unpaired) electrons. The van der Waals surface area contributed by atoms with Gasteiger partial charge in [-0.05, 0) is 13.8 Å². The molecule has 8 heavy (non-hydrogen) atoms. The Bertz CT molecular complexity index is 34.3. The molecule has 0 aromatic carbocycles. The maximum Gasteiger partial charge on any atom is 3.00 e. The molecule has 0 saturated carbocycles. The van der Waals surface area contributed by atoms with Crippen molar-refractivity contribution in [3.63, 3.8) is 0 Å². The summed E-state index contributed by atoms with van der Waals surface area (Å²) < 4.78 is 0. The van der Waals surface area contributed by atoms with Crippen molar-refractivity contribution in [1.82, 2.24) is 0 Å². The van der Waals surface area contributed by atoms with Crippen molar-refractivity contribution in [2.75, 3.05) is 0 Å². The molecule has 0 N–H and O–H groups in total. The number of halogens is 3. The van der Waals surface area contributed by atoms with Crippen molar-refractivity contribution in [1.29, 1.82) is 0 Å². The summed E-state index contributed by atoms with van der Waals surface area (Å²) in [6.07, 6.45) is 0. The van der Waals surface area contributed by atoms with Crippen molar-refractivity contribution in [3.05, 3.63) is 12.2 Å². The molecule has 0 atom stereocenters. The van der Waals surface area contributed by atoms with Crippen LogP contribution in [0.3, 0.4) is 0 Å². The van der Waals surface area contributed by atoms with Crippen LogP contribution in [0.5, 0.6) is 0 Å². The molecule has 4 heteroatoms. The van der Waals surface area contributed by atoms with Crippen LogP contribution < -0.4 is 14.1 Å². The molecular weight excluding hydrogens is 116 g/mol. The first-order valence-corrected chi connectivity index (χ1v) is 1.35. The molecule has 0 aromatic heterocycles. The van der Waals surface area contributed by atoms with Gasteiger partial charge in [0.05, 0.1) is 0 Å². The summed E-state index contributed by atoms with van der Waals surface area (Å²) >= 11 is 0. The maximum atomic E-state index is 3.56. The van der Waals surface area contributed by atoms with Crippen molar-refractivity contribution < 1.29 is 14.1 Å². The van der Waals surface area contributed by atoms with E-state index in [4.69, 9.17) is 0 Å². The quantitative estimate of drug-likeness (QED) is 0.222. The SMILES string of the molecule is C=C(C)C.[B+3].[F-].[F-].[F-]. The summed E-state index contributed by atoms with van der Waals surface area (Å²) in [6, 6.07) is 0. The van der Waals surface area contributed by atoms with Crippen LogP contribution in [0.1, 0.15) is 13.8 Å². The Balaban J connectivity index is -0.00000000750. The van der Waals surface area contributed by atoms with E-state index in [0.29, 0.717) is 0 Å². The third kappa shape index (κ3) is 720. The second-order valence-electron chi connectivity index (χ2n) is 1.21. The van der Waals surface area contributed by atoms with E-state index in [-0.39, 0.29) is 22.5 Å². The monoisotopic (exact) mass is 124 g/mol.